The molecular formula is C15H25NO2. The van der Waals surface area contributed by atoms with Crippen molar-refractivity contribution in [1.29, 1.82) is 0 Å². The number of hydrogen-bond acceptors (Lipinski definition) is 3. The molecule has 0 aliphatic heterocycles. The first-order chi connectivity index (χ1) is 8.50. The monoisotopic (exact) mass is 251 g/mol. The molecule has 0 spiro atoms. The molecule has 0 saturated carbocycles. The molecular weight excluding hydrogens is 226 g/mol. The van der Waals surface area contributed by atoms with Gasteiger partial charge in [-0.15, -0.1) is 0 Å². The van der Waals surface area contributed by atoms with Crippen LogP contribution in [0.4, 0.5) is 0 Å². The molecule has 2 N–H and O–H groups in total. The van der Waals surface area contributed by atoms with Crippen molar-refractivity contribution >= 4 is 0 Å². The van der Waals surface area contributed by atoms with E-state index in [9.17, 15) is 5.11 Å². The predicted octanol–water partition coefficient (Wildman–Crippen LogP) is 2.90. The Bertz CT molecular complexity index is 363. The summed E-state index contributed by atoms with van der Waals surface area (Å²) in [7, 11) is 0. The molecule has 18 heavy (non-hydrogen) atoms. The highest BCUT2D eigenvalue weighted by Crippen LogP contribution is 2.25. The predicted molar refractivity (Wildman–Crippen MR) is 74.9 cm³/mol. The highest BCUT2D eigenvalue weighted by atomic mass is 16.5. The normalized spacial score (nSPS) is 16.1. The van der Waals surface area contributed by atoms with E-state index in [-0.39, 0.29) is 6.04 Å². The van der Waals surface area contributed by atoms with E-state index in [1.807, 2.05) is 39.0 Å². The number of hydrogen-bond donors (Lipinski definition) is 2. The van der Waals surface area contributed by atoms with Crippen LogP contribution in [0.15, 0.2) is 24.3 Å². The van der Waals surface area contributed by atoms with Crippen LogP contribution in [0, 0.1) is 0 Å². The molecule has 0 radical (unpaired) electrons. The van der Waals surface area contributed by atoms with E-state index in [0.29, 0.717) is 13.2 Å². The van der Waals surface area contributed by atoms with Crippen LogP contribution in [0.2, 0.25) is 0 Å². The first-order valence-electron chi connectivity index (χ1n) is 6.67. The second kappa shape index (κ2) is 6.76. The van der Waals surface area contributed by atoms with Crippen LogP contribution in [0.3, 0.4) is 0 Å². The second-order valence-electron chi connectivity index (χ2n) is 4.92. The van der Waals surface area contributed by atoms with Crippen LogP contribution in [0.5, 0.6) is 5.75 Å². The fourth-order valence-corrected chi connectivity index (χ4v) is 1.73. The number of para-hydroxylation sites is 1. The van der Waals surface area contributed by atoms with Gasteiger partial charge < -0.3 is 15.2 Å². The zero-order valence-electron chi connectivity index (χ0n) is 11.9. The van der Waals surface area contributed by atoms with Crippen molar-refractivity contribution in [1.82, 2.24) is 5.32 Å². The fraction of sp³-hybridized carbons (Fsp3) is 0.600. The maximum Gasteiger partial charge on any atom is 0.124 e. The topological polar surface area (TPSA) is 41.5 Å². The van der Waals surface area contributed by atoms with Crippen LogP contribution in [-0.2, 0) is 0 Å². The summed E-state index contributed by atoms with van der Waals surface area (Å²) in [5.74, 6) is 0.913. The van der Waals surface area contributed by atoms with Crippen molar-refractivity contribution in [3.63, 3.8) is 0 Å². The van der Waals surface area contributed by atoms with E-state index in [0.717, 1.165) is 17.7 Å². The minimum Gasteiger partial charge on any atom is -0.494 e. The summed E-state index contributed by atoms with van der Waals surface area (Å²) in [6.07, 6.45) is 0.736. The van der Waals surface area contributed by atoms with Gasteiger partial charge in [-0.1, -0.05) is 25.1 Å². The molecule has 2 unspecified atom stereocenters. The van der Waals surface area contributed by atoms with Gasteiger partial charge in [0, 0.05) is 18.2 Å². The van der Waals surface area contributed by atoms with Crippen LogP contribution < -0.4 is 10.1 Å². The Hall–Kier alpha value is -1.06. The third-order valence-electron chi connectivity index (χ3n) is 3.24. The van der Waals surface area contributed by atoms with Crippen molar-refractivity contribution in [2.45, 2.75) is 45.8 Å². The highest BCUT2D eigenvalue weighted by molar-refractivity contribution is 5.35. The molecule has 0 heterocycles. The smallest absolute Gasteiger partial charge is 0.124 e. The van der Waals surface area contributed by atoms with Crippen LogP contribution in [0.25, 0.3) is 0 Å². The van der Waals surface area contributed by atoms with Gasteiger partial charge in [0.05, 0.1) is 12.2 Å². The summed E-state index contributed by atoms with van der Waals surface area (Å²) in [5.41, 5.74) is 0.473. The molecule has 2 atom stereocenters. The Morgan fingerprint density at radius 1 is 1.33 bits per heavy atom. The van der Waals surface area contributed by atoms with Gasteiger partial charge in [-0.25, -0.2) is 0 Å². The Morgan fingerprint density at radius 3 is 2.61 bits per heavy atom. The molecule has 1 rings (SSSR count). The van der Waals surface area contributed by atoms with Gasteiger partial charge in [-0.05, 0) is 33.3 Å². The minimum atomic E-state index is -0.658. The van der Waals surface area contributed by atoms with E-state index in [1.54, 1.807) is 0 Å². The molecule has 0 saturated heterocycles. The number of ether oxygens (including phenoxy) is 1. The Labute approximate surface area is 110 Å². The van der Waals surface area contributed by atoms with Gasteiger partial charge in [0.1, 0.15) is 5.75 Å². The first-order valence-corrected chi connectivity index (χ1v) is 6.67. The minimum absolute atomic E-state index is 0.158. The molecule has 3 heteroatoms. The molecule has 0 fully saturated rings. The number of nitrogens with one attached hydrogen (secondary N) is 1. The van der Waals surface area contributed by atoms with Crippen LogP contribution >= 0.6 is 0 Å². The summed E-state index contributed by atoms with van der Waals surface area (Å²) >= 11 is 0. The van der Waals surface area contributed by atoms with E-state index < -0.39 is 5.60 Å². The van der Waals surface area contributed by atoms with Gasteiger partial charge in [-0.2, -0.15) is 0 Å². The van der Waals surface area contributed by atoms with Gasteiger partial charge in [-0.3, -0.25) is 0 Å². The molecule has 0 aliphatic rings. The molecule has 0 aromatic heterocycles. The van der Waals surface area contributed by atoms with Crippen molar-refractivity contribution in [2.75, 3.05) is 13.2 Å². The Morgan fingerprint density at radius 2 is 2.00 bits per heavy atom. The quantitative estimate of drug-likeness (QED) is 0.783. The number of benzene rings is 1. The zero-order chi connectivity index (χ0) is 13.6. The first kappa shape index (κ1) is 15.0. The summed E-state index contributed by atoms with van der Waals surface area (Å²) in [6.45, 7) is 9.14. The molecule has 0 bridgehead atoms. The lowest BCUT2D eigenvalue weighted by Gasteiger charge is -2.25. The number of rotatable bonds is 7. The standard InChI is InChI=1S/C15H25NO2/c1-5-15(4,17)11-16-12(3)13-9-7-8-10-14(13)18-6-2/h7-10,12,16-17H,5-6,11H2,1-4H3. The summed E-state index contributed by atoms with van der Waals surface area (Å²) in [6, 6.07) is 8.18. The summed E-state index contributed by atoms with van der Waals surface area (Å²) < 4.78 is 5.61. The average molecular weight is 251 g/mol. The van der Waals surface area contributed by atoms with E-state index in [1.165, 1.54) is 0 Å². The molecule has 0 aliphatic carbocycles. The maximum absolute atomic E-state index is 10.00. The SMILES string of the molecule is CCOc1ccccc1C(C)NCC(C)(O)CC. The zero-order valence-corrected chi connectivity index (χ0v) is 11.9. The molecule has 3 nitrogen and oxygen atoms in total. The average Bonchev–Trinajstić information content (AvgIpc) is 2.37. The molecule has 0 amide bonds. The maximum atomic E-state index is 10.00. The van der Waals surface area contributed by atoms with Gasteiger partial charge in [0.25, 0.3) is 0 Å². The van der Waals surface area contributed by atoms with Crippen LogP contribution in [0.1, 0.15) is 45.7 Å². The van der Waals surface area contributed by atoms with Crippen LogP contribution in [-0.4, -0.2) is 23.9 Å². The van der Waals surface area contributed by atoms with Crippen molar-refractivity contribution in [2.24, 2.45) is 0 Å². The summed E-state index contributed by atoms with van der Waals surface area (Å²) in [5, 5.41) is 13.4. The second-order valence-corrected chi connectivity index (χ2v) is 4.92. The fourth-order valence-electron chi connectivity index (χ4n) is 1.73. The van der Waals surface area contributed by atoms with E-state index >= 15 is 0 Å². The van der Waals surface area contributed by atoms with Crippen molar-refractivity contribution < 1.29 is 9.84 Å². The summed E-state index contributed by atoms with van der Waals surface area (Å²) in [4.78, 5) is 0. The number of aliphatic hydroxyl groups is 1. The third-order valence-corrected chi connectivity index (χ3v) is 3.24. The lowest BCUT2D eigenvalue weighted by Crippen LogP contribution is -2.38. The van der Waals surface area contributed by atoms with E-state index in [2.05, 4.69) is 18.3 Å². The molecule has 1 aromatic rings. The highest BCUT2D eigenvalue weighted by Gasteiger charge is 2.19. The Balaban J connectivity index is 2.69. The lowest BCUT2D eigenvalue weighted by atomic mass is 10.0. The third kappa shape index (κ3) is 4.31. The van der Waals surface area contributed by atoms with Gasteiger partial charge in [0.2, 0.25) is 0 Å². The van der Waals surface area contributed by atoms with Gasteiger partial charge >= 0.3 is 0 Å². The largest absolute Gasteiger partial charge is 0.494 e. The van der Waals surface area contributed by atoms with E-state index in [4.69, 9.17) is 4.74 Å². The Kier molecular flexibility index (Phi) is 5.63. The molecule has 102 valence electrons. The van der Waals surface area contributed by atoms with Crippen molar-refractivity contribution in [3.05, 3.63) is 29.8 Å². The van der Waals surface area contributed by atoms with Gasteiger partial charge in [0.15, 0.2) is 0 Å². The molecule has 1 aromatic carbocycles. The lowest BCUT2D eigenvalue weighted by molar-refractivity contribution is 0.0532. The van der Waals surface area contributed by atoms with Crippen molar-refractivity contribution in [3.8, 4) is 5.75 Å².